The Kier molecular flexibility index (Phi) is 6.23. The largest absolute Gasteiger partial charge is 0.408 e. The van der Waals surface area contributed by atoms with Gasteiger partial charge in [-0.25, -0.2) is 9.40 Å². The van der Waals surface area contributed by atoms with E-state index in [1.165, 1.54) is 24.5 Å². The van der Waals surface area contributed by atoms with E-state index in [1.807, 2.05) is 0 Å². The lowest BCUT2D eigenvalue weighted by Gasteiger charge is -2.27. The van der Waals surface area contributed by atoms with Gasteiger partial charge in [0.1, 0.15) is 18.9 Å². The minimum Gasteiger partial charge on any atom is -0.355 e. The molecule has 0 radical (unpaired) electrons. The highest BCUT2D eigenvalue weighted by Gasteiger charge is 2.43. The number of aliphatic hydroxyl groups is 1. The van der Waals surface area contributed by atoms with Gasteiger partial charge in [-0.1, -0.05) is 17.7 Å². The Balaban J connectivity index is 1.46. The van der Waals surface area contributed by atoms with Crippen LogP contribution in [0.5, 0.6) is 0 Å². The number of carbonyl (C=O) groups is 1. The van der Waals surface area contributed by atoms with Crippen molar-refractivity contribution in [3.8, 4) is 0 Å². The molecule has 1 amide bonds. The van der Waals surface area contributed by atoms with Crippen molar-refractivity contribution >= 4 is 23.3 Å². The van der Waals surface area contributed by atoms with Crippen molar-refractivity contribution in [1.82, 2.24) is 25.0 Å². The first-order valence-corrected chi connectivity index (χ1v) is 10.5. The molecule has 1 aliphatic carbocycles. The number of hydrazone groups is 1. The van der Waals surface area contributed by atoms with Crippen LogP contribution in [-0.4, -0.2) is 61.7 Å². The Morgan fingerprint density at radius 1 is 1.36 bits per heavy atom. The second-order valence-corrected chi connectivity index (χ2v) is 8.42. The molecule has 2 atom stereocenters. The molecule has 0 bridgehead atoms. The molecule has 178 valence electrons. The monoisotopic (exact) mass is 488 g/mol. The molecule has 33 heavy (non-hydrogen) atoms. The Labute approximate surface area is 191 Å². The Morgan fingerprint density at radius 2 is 2.09 bits per heavy atom. The first kappa shape index (κ1) is 23.3. The predicted molar refractivity (Wildman–Crippen MR) is 110 cm³/mol. The molecule has 1 aliphatic heterocycles. The zero-order valence-corrected chi connectivity index (χ0v) is 18.2. The molecule has 1 saturated carbocycles. The quantitative estimate of drug-likeness (QED) is 0.585. The minimum absolute atomic E-state index is 0.0296. The molecular weight excluding hydrogens is 468 g/mol. The number of rotatable bonds is 7. The van der Waals surface area contributed by atoms with E-state index in [4.69, 9.17) is 11.6 Å². The molecular formula is C20H21ClF4N6O2. The zero-order chi connectivity index (χ0) is 23.9. The fourth-order valence-electron chi connectivity index (χ4n) is 3.56. The Morgan fingerprint density at radius 3 is 2.73 bits per heavy atom. The van der Waals surface area contributed by atoms with Gasteiger partial charge in [0, 0.05) is 12.2 Å². The normalized spacial score (nSPS) is 19.6. The third-order valence-electron chi connectivity index (χ3n) is 5.28. The maximum absolute atomic E-state index is 13.7. The van der Waals surface area contributed by atoms with Gasteiger partial charge in [-0.15, -0.1) is 0 Å². The van der Waals surface area contributed by atoms with E-state index in [0.29, 0.717) is 11.1 Å². The summed E-state index contributed by atoms with van der Waals surface area (Å²) in [7, 11) is 0. The number of nitrogens with zero attached hydrogens (tertiary/aromatic N) is 5. The lowest BCUT2D eigenvalue weighted by atomic mass is 10.1. The molecule has 0 saturated heterocycles. The molecule has 8 nitrogen and oxygen atoms in total. The van der Waals surface area contributed by atoms with Crippen LogP contribution in [0.25, 0.3) is 0 Å². The van der Waals surface area contributed by atoms with E-state index in [0.717, 1.165) is 22.5 Å². The summed E-state index contributed by atoms with van der Waals surface area (Å²) in [6.07, 6.45) is -1.67. The van der Waals surface area contributed by atoms with E-state index in [9.17, 15) is 27.5 Å². The Hall–Kier alpha value is -2.86. The molecule has 1 aromatic carbocycles. The van der Waals surface area contributed by atoms with Crippen molar-refractivity contribution in [3.63, 3.8) is 0 Å². The highest BCUT2D eigenvalue weighted by Crippen LogP contribution is 2.34. The molecule has 1 unspecified atom stereocenters. The minimum atomic E-state index is -4.43. The van der Waals surface area contributed by atoms with Gasteiger partial charge in [-0.2, -0.15) is 23.4 Å². The van der Waals surface area contributed by atoms with Crippen LogP contribution in [-0.2, 0) is 11.3 Å². The van der Waals surface area contributed by atoms with Crippen molar-refractivity contribution < 1.29 is 27.5 Å². The lowest BCUT2D eigenvalue weighted by Crippen LogP contribution is -2.46. The van der Waals surface area contributed by atoms with Crippen LogP contribution in [0.1, 0.15) is 36.9 Å². The summed E-state index contributed by atoms with van der Waals surface area (Å²) in [6, 6.07) is 3.63. The smallest absolute Gasteiger partial charge is 0.355 e. The van der Waals surface area contributed by atoms with Crippen LogP contribution in [0, 0.1) is 5.82 Å². The number of aromatic nitrogens is 2. The van der Waals surface area contributed by atoms with Gasteiger partial charge in [0.15, 0.2) is 5.84 Å². The van der Waals surface area contributed by atoms with Crippen LogP contribution < -0.4 is 5.32 Å². The predicted octanol–water partition coefficient (Wildman–Crippen LogP) is 2.83. The molecule has 2 aliphatic rings. The number of hydrogen-bond donors (Lipinski definition) is 2. The van der Waals surface area contributed by atoms with E-state index < -0.39 is 36.8 Å². The topological polar surface area (TPSA) is 86.0 Å². The van der Waals surface area contributed by atoms with Gasteiger partial charge in [0.05, 0.1) is 22.8 Å². The summed E-state index contributed by atoms with van der Waals surface area (Å²) in [4.78, 5) is 14.1. The van der Waals surface area contributed by atoms with Gasteiger partial charge >= 0.3 is 6.18 Å². The summed E-state index contributed by atoms with van der Waals surface area (Å²) in [5.74, 6) is -0.838. The molecule has 1 fully saturated rings. The number of amidine groups is 1. The molecule has 2 N–H and O–H groups in total. The number of nitrogens with one attached hydrogen (secondary N) is 1. The third kappa shape index (κ3) is 5.38. The first-order chi connectivity index (χ1) is 15.5. The molecule has 2 aromatic rings. The van der Waals surface area contributed by atoms with Crippen molar-refractivity contribution in [2.24, 2.45) is 5.10 Å². The highest BCUT2D eigenvalue weighted by atomic mass is 35.5. The van der Waals surface area contributed by atoms with Crippen LogP contribution >= 0.6 is 11.6 Å². The summed E-state index contributed by atoms with van der Waals surface area (Å²) in [5, 5.41) is 22.6. The molecule has 2 heterocycles. The van der Waals surface area contributed by atoms with E-state index in [1.54, 1.807) is 17.9 Å². The SMILES string of the molecule is C[C@H](NC(=O)CN1N=C(c2cnn(CC(F)(F)F)c2)N(C2CC2)C1O)c1ccc(Cl)c(F)c1. The highest BCUT2D eigenvalue weighted by molar-refractivity contribution is 6.30. The van der Waals surface area contributed by atoms with E-state index in [2.05, 4.69) is 15.5 Å². The summed E-state index contributed by atoms with van der Waals surface area (Å²) in [5.41, 5.74) is 0.811. The van der Waals surface area contributed by atoms with Crippen LogP contribution in [0.15, 0.2) is 35.7 Å². The summed E-state index contributed by atoms with van der Waals surface area (Å²) < 4.78 is 52.4. The molecule has 13 heteroatoms. The second kappa shape index (κ2) is 8.82. The van der Waals surface area contributed by atoms with Gasteiger partial charge in [0.2, 0.25) is 12.3 Å². The van der Waals surface area contributed by atoms with Crippen molar-refractivity contribution in [1.29, 1.82) is 0 Å². The van der Waals surface area contributed by atoms with Crippen LogP contribution in [0.2, 0.25) is 5.02 Å². The average molecular weight is 489 g/mol. The fraction of sp³-hybridized carbons (Fsp3) is 0.450. The fourth-order valence-corrected chi connectivity index (χ4v) is 3.68. The molecule has 0 spiro atoms. The summed E-state index contributed by atoms with van der Waals surface area (Å²) in [6.45, 7) is 0.105. The van der Waals surface area contributed by atoms with E-state index >= 15 is 0 Å². The number of aliphatic hydroxyl groups excluding tert-OH is 1. The third-order valence-corrected chi connectivity index (χ3v) is 5.59. The van der Waals surface area contributed by atoms with Crippen molar-refractivity contribution in [3.05, 3.63) is 52.6 Å². The maximum Gasteiger partial charge on any atom is 0.408 e. The van der Waals surface area contributed by atoms with Crippen LogP contribution in [0.4, 0.5) is 17.6 Å². The standard InChI is InChI=1S/C20H21ClF4N6O2/c1-11(12-2-5-15(21)16(22)6-12)27-17(32)9-30-19(33)31(14-3-4-14)18(28-30)13-7-26-29(8-13)10-20(23,24)25/h2,5-8,11,14,19,33H,3-4,9-10H2,1H3,(H,27,32)/t11-,19?/m0/s1. The zero-order valence-electron chi connectivity index (χ0n) is 17.4. The summed E-state index contributed by atoms with van der Waals surface area (Å²) >= 11 is 5.68. The molecule has 1 aromatic heterocycles. The van der Waals surface area contributed by atoms with Crippen molar-refractivity contribution in [2.75, 3.05) is 6.54 Å². The van der Waals surface area contributed by atoms with E-state index in [-0.39, 0.29) is 23.4 Å². The second-order valence-electron chi connectivity index (χ2n) is 8.01. The number of amides is 1. The number of benzene rings is 1. The first-order valence-electron chi connectivity index (χ1n) is 10.2. The van der Waals surface area contributed by atoms with Gasteiger partial charge in [0.25, 0.3) is 0 Å². The number of halogens is 5. The Bertz CT molecular complexity index is 1070. The number of carbonyl (C=O) groups excluding carboxylic acids is 1. The lowest BCUT2D eigenvalue weighted by molar-refractivity contribution is -0.142. The van der Waals surface area contributed by atoms with Crippen LogP contribution in [0.3, 0.4) is 0 Å². The average Bonchev–Trinajstić information content (AvgIpc) is 3.37. The van der Waals surface area contributed by atoms with Gasteiger partial charge in [-0.3, -0.25) is 9.48 Å². The molecule has 4 rings (SSSR count). The van der Waals surface area contributed by atoms with Gasteiger partial charge < -0.3 is 15.3 Å². The van der Waals surface area contributed by atoms with Crippen molar-refractivity contribution in [2.45, 2.75) is 50.9 Å². The van der Waals surface area contributed by atoms with Gasteiger partial charge in [-0.05, 0) is 37.5 Å². The maximum atomic E-state index is 13.7. The number of alkyl halides is 3. The number of hydrogen-bond acceptors (Lipinski definition) is 6.